The van der Waals surface area contributed by atoms with Crippen molar-refractivity contribution in [3.63, 3.8) is 0 Å². The van der Waals surface area contributed by atoms with E-state index in [1.165, 1.54) is 0 Å². The summed E-state index contributed by atoms with van der Waals surface area (Å²) in [5.74, 6) is 0.133. The highest BCUT2D eigenvalue weighted by molar-refractivity contribution is 5.79. The molecule has 2 aromatic rings. The summed E-state index contributed by atoms with van der Waals surface area (Å²) in [6.07, 6.45) is 0.268. The number of phenols is 1. The van der Waals surface area contributed by atoms with Gasteiger partial charge in [0.1, 0.15) is 5.75 Å². The van der Waals surface area contributed by atoms with Crippen LogP contribution in [0.15, 0.2) is 48.5 Å². The highest BCUT2D eigenvalue weighted by Crippen LogP contribution is 2.17. The average molecular weight is 269 g/mol. The van der Waals surface area contributed by atoms with E-state index >= 15 is 0 Å². The molecule has 0 fully saturated rings. The van der Waals surface area contributed by atoms with Crippen LogP contribution in [-0.2, 0) is 11.2 Å². The number of amides is 1. The summed E-state index contributed by atoms with van der Waals surface area (Å²) in [5, 5.41) is 12.4. The van der Waals surface area contributed by atoms with Gasteiger partial charge in [-0.05, 0) is 42.7 Å². The Morgan fingerprint density at radius 2 is 1.95 bits per heavy atom. The lowest BCUT2D eigenvalue weighted by Gasteiger charge is -2.16. The summed E-state index contributed by atoms with van der Waals surface area (Å²) in [7, 11) is 0. The molecule has 2 rings (SSSR count). The van der Waals surface area contributed by atoms with Crippen LogP contribution < -0.4 is 5.32 Å². The van der Waals surface area contributed by atoms with Crippen molar-refractivity contribution in [3.8, 4) is 5.75 Å². The van der Waals surface area contributed by atoms with Gasteiger partial charge in [-0.15, -0.1) is 0 Å². The normalized spacial score (nSPS) is 11.9. The number of phenolic OH excluding ortho intramolecular Hbond substituents is 1. The predicted octanol–water partition coefficient (Wildman–Crippen LogP) is 3.12. The third kappa shape index (κ3) is 3.60. The number of hydrogen-bond donors (Lipinski definition) is 2. The monoisotopic (exact) mass is 269 g/mol. The number of aryl methyl sites for hydroxylation is 1. The Hall–Kier alpha value is -2.29. The first-order valence-corrected chi connectivity index (χ1v) is 6.69. The average Bonchev–Trinajstić information content (AvgIpc) is 2.38. The molecule has 3 nitrogen and oxygen atoms in total. The van der Waals surface area contributed by atoms with Crippen LogP contribution in [0.25, 0.3) is 0 Å². The van der Waals surface area contributed by atoms with Crippen molar-refractivity contribution in [2.75, 3.05) is 0 Å². The maximum absolute atomic E-state index is 12.0. The molecule has 0 aliphatic rings. The predicted molar refractivity (Wildman–Crippen MR) is 79.5 cm³/mol. The van der Waals surface area contributed by atoms with Crippen LogP contribution >= 0.6 is 0 Å². The third-order valence-corrected chi connectivity index (χ3v) is 3.31. The van der Waals surface area contributed by atoms with E-state index in [0.29, 0.717) is 0 Å². The smallest absolute Gasteiger partial charge is 0.224 e. The van der Waals surface area contributed by atoms with E-state index in [1.807, 2.05) is 44.2 Å². The molecule has 20 heavy (non-hydrogen) atoms. The SMILES string of the molecule is Cc1ccccc1C(C)NC(=O)Cc1cccc(O)c1. The molecule has 3 heteroatoms. The van der Waals surface area contributed by atoms with Gasteiger partial charge in [0.2, 0.25) is 5.91 Å². The van der Waals surface area contributed by atoms with Crippen LogP contribution in [0.5, 0.6) is 5.75 Å². The fourth-order valence-electron chi connectivity index (χ4n) is 2.29. The van der Waals surface area contributed by atoms with Gasteiger partial charge in [-0.25, -0.2) is 0 Å². The van der Waals surface area contributed by atoms with E-state index < -0.39 is 0 Å². The Kier molecular flexibility index (Phi) is 4.41. The zero-order valence-electron chi connectivity index (χ0n) is 11.8. The lowest BCUT2D eigenvalue weighted by atomic mass is 10.0. The summed E-state index contributed by atoms with van der Waals surface area (Å²) in [5.41, 5.74) is 3.09. The number of carbonyl (C=O) groups excluding carboxylic acids is 1. The van der Waals surface area contributed by atoms with Crippen molar-refractivity contribution in [2.45, 2.75) is 26.3 Å². The molecule has 104 valence electrons. The van der Waals surface area contributed by atoms with Crippen molar-refractivity contribution in [1.82, 2.24) is 5.32 Å². The van der Waals surface area contributed by atoms with Crippen molar-refractivity contribution >= 4 is 5.91 Å². The highest BCUT2D eigenvalue weighted by Gasteiger charge is 2.11. The molecule has 0 aliphatic heterocycles. The van der Waals surface area contributed by atoms with Gasteiger partial charge in [0.25, 0.3) is 0 Å². The first-order valence-electron chi connectivity index (χ1n) is 6.69. The zero-order valence-corrected chi connectivity index (χ0v) is 11.8. The molecular weight excluding hydrogens is 250 g/mol. The summed E-state index contributed by atoms with van der Waals surface area (Å²) in [6, 6.07) is 14.8. The number of carbonyl (C=O) groups is 1. The van der Waals surface area contributed by atoms with Gasteiger partial charge in [0.05, 0.1) is 12.5 Å². The van der Waals surface area contributed by atoms with Gasteiger partial charge >= 0.3 is 0 Å². The fraction of sp³-hybridized carbons (Fsp3) is 0.235. The quantitative estimate of drug-likeness (QED) is 0.896. The Bertz CT molecular complexity index is 607. The van der Waals surface area contributed by atoms with Gasteiger partial charge in [0.15, 0.2) is 0 Å². The topological polar surface area (TPSA) is 49.3 Å². The Morgan fingerprint density at radius 1 is 1.20 bits per heavy atom. The lowest BCUT2D eigenvalue weighted by Crippen LogP contribution is -2.28. The van der Waals surface area contributed by atoms with E-state index in [9.17, 15) is 9.90 Å². The van der Waals surface area contributed by atoms with Gasteiger partial charge in [0, 0.05) is 0 Å². The fourth-order valence-corrected chi connectivity index (χ4v) is 2.29. The van der Waals surface area contributed by atoms with E-state index in [0.717, 1.165) is 16.7 Å². The minimum atomic E-state index is -0.0497. The van der Waals surface area contributed by atoms with Crippen LogP contribution in [0.2, 0.25) is 0 Å². The number of nitrogens with one attached hydrogen (secondary N) is 1. The minimum Gasteiger partial charge on any atom is -0.508 e. The molecule has 0 radical (unpaired) electrons. The summed E-state index contributed by atoms with van der Waals surface area (Å²) in [4.78, 5) is 12.0. The molecule has 2 N–H and O–H groups in total. The maximum atomic E-state index is 12.0. The number of aromatic hydroxyl groups is 1. The molecule has 1 unspecified atom stereocenters. The van der Waals surface area contributed by atoms with Crippen molar-refractivity contribution in [1.29, 1.82) is 0 Å². The van der Waals surface area contributed by atoms with Crippen LogP contribution in [0.3, 0.4) is 0 Å². The van der Waals surface area contributed by atoms with Crippen LogP contribution in [0, 0.1) is 6.92 Å². The maximum Gasteiger partial charge on any atom is 0.224 e. The molecule has 0 bridgehead atoms. The molecule has 0 heterocycles. The largest absolute Gasteiger partial charge is 0.508 e. The molecule has 2 aromatic carbocycles. The molecule has 1 amide bonds. The summed E-state index contributed by atoms with van der Waals surface area (Å²) >= 11 is 0. The molecule has 0 saturated heterocycles. The van der Waals surface area contributed by atoms with Gasteiger partial charge in [-0.2, -0.15) is 0 Å². The first-order chi connectivity index (χ1) is 9.56. The van der Waals surface area contributed by atoms with E-state index in [4.69, 9.17) is 0 Å². The molecule has 0 saturated carbocycles. The van der Waals surface area contributed by atoms with Crippen LogP contribution in [-0.4, -0.2) is 11.0 Å². The molecule has 0 aromatic heterocycles. The lowest BCUT2D eigenvalue weighted by molar-refractivity contribution is -0.121. The molecular formula is C17H19NO2. The van der Waals surface area contributed by atoms with Crippen LogP contribution in [0.1, 0.15) is 29.7 Å². The zero-order chi connectivity index (χ0) is 14.5. The Balaban J connectivity index is 2.00. The number of rotatable bonds is 4. The number of benzene rings is 2. The second-order valence-electron chi connectivity index (χ2n) is 4.99. The molecule has 0 spiro atoms. The highest BCUT2D eigenvalue weighted by atomic mass is 16.3. The summed E-state index contributed by atoms with van der Waals surface area (Å²) in [6.45, 7) is 4.01. The molecule has 1 atom stereocenters. The van der Waals surface area contributed by atoms with E-state index in [1.54, 1.807) is 18.2 Å². The number of hydrogen-bond acceptors (Lipinski definition) is 2. The Morgan fingerprint density at radius 3 is 2.65 bits per heavy atom. The van der Waals surface area contributed by atoms with E-state index in [2.05, 4.69) is 5.32 Å². The second-order valence-corrected chi connectivity index (χ2v) is 4.99. The summed E-state index contributed by atoms with van der Waals surface area (Å²) < 4.78 is 0. The van der Waals surface area contributed by atoms with Crippen molar-refractivity contribution in [3.05, 3.63) is 65.2 Å². The van der Waals surface area contributed by atoms with E-state index in [-0.39, 0.29) is 24.1 Å². The second kappa shape index (κ2) is 6.24. The standard InChI is InChI=1S/C17H19NO2/c1-12-6-3-4-9-16(12)13(2)18-17(20)11-14-7-5-8-15(19)10-14/h3-10,13,19H,11H2,1-2H3,(H,18,20). The van der Waals surface area contributed by atoms with Gasteiger partial charge in [-0.3, -0.25) is 4.79 Å². The Labute approximate surface area is 119 Å². The van der Waals surface area contributed by atoms with Gasteiger partial charge < -0.3 is 10.4 Å². The van der Waals surface area contributed by atoms with Crippen molar-refractivity contribution < 1.29 is 9.90 Å². The first kappa shape index (κ1) is 14.1. The molecule has 0 aliphatic carbocycles. The van der Waals surface area contributed by atoms with Crippen molar-refractivity contribution in [2.24, 2.45) is 0 Å². The van der Waals surface area contributed by atoms with Crippen LogP contribution in [0.4, 0.5) is 0 Å². The third-order valence-electron chi connectivity index (χ3n) is 3.31. The van der Waals surface area contributed by atoms with Gasteiger partial charge in [-0.1, -0.05) is 36.4 Å². The minimum absolute atomic E-state index is 0.0268.